The summed E-state index contributed by atoms with van der Waals surface area (Å²) in [4.78, 5) is 15.2. The molecule has 2 aromatic rings. The zero-order chi connectivity index (χ0) is 19.7. The van der Waals surface area contributed by atoms with E-state index in [1.54, 1.807) is 12.1 Å². The van der Waals surface area contributed by atoms with Crippen LogP contribution in [0.5, 0.6) is 0 Å². The zero-order valence-corrected chi connectivity index (χ0v) is 16.5. The number of hydrazone groups is 1. The van der Waals surface area contributed by atoms with Crippen molar-refractivity contribution in [3.05, 3.63) is 70.5 Å². The van der Waals surface area contributed by atoms with Crippen LogP contribution in [0.2, 0.25) is 0 Å². The molecular weight excluding hydrogens is 353 g/mol. The fourth-order valence-corrected chi connectivity index (χ4v) is 4.14. The van der Waals surface area contributed by atoms with Crippen molar-refractivity contribution in [1.29, 1.82) is 0 Å². The highest BCUT2D eigenvalue weighted by Crippen LogP contribution is 2.35. The van der Waals surface area contributed by atoms with Crippen LogP contribution in [0.25, 0.3) is 0 Å². The van der Waals surface area contributed by atoms with E-state index in [2.05, 4.69) is 23.1 Å². The molecule has 0 aliphatic carbocycles. The van der Waals surface area contributed by atoms with Crippen LogP contribution in [0.3, 0.4) is 0 Å². The van der Waals surface area contributed by atoms with Crippen LogP contribution in [0.15, 0.2) is 47.6 Å². The highest BCUT2D eigenvalue weighted by molar-refractivity contribution is 6.04. The van der Waals surface area contributed by atoms with E-state index in [9.17, 15) is 9.18 Å². The van der Waals surface area contributed by atoms with Crippen LogP contribution in [0.1, 0.15) is 47.6 Å². The molecule has 0 spiro atoms. The van der Waals surface area contributed by atoms with E-state index in [0.717, 1.165) is 48.3 Å². The van der Waals surface area contributed by atoms with Gasteiger partial charge in [-0.25, -0.2) is 9.40 Å². The van der Waals surface area contributed by atoms with Crippen molar-refractivity contribution >= 4 is 11.6 Å². The summed E-state index contributed by atoms with van der Waals surface area (Å²) >= 11 is 0. The van der Waals surface area contributed by atoms with E-state index in [1.807, 2.05) is 19.9 Å². The van der Waals surface area contributed by atoms with Crippen LogP contribution in [0, 0.1) is 19.7 Å². The molecule has 0 aromatic heterocycles. The molecule has 28 heavy (non-hydrogen) atoms. The van der Waals surface area contributed by atoms with Gasteiger partial charge in [-0.2, -0.15) is 5.10 Å². The Labute approximate surface area is 165 Å². The fourth-order valence-electron chi connectivity index (χ4n) is 4.14. The van der Waals surface area contributed by atoms with Crippen molar-refractivity contribution in [2.45, 2.75) is 39.2 Å². The number of amides is 1. The third-order valence-electron chi connectivity index (χ3n) is 5.69. The van der Waals surface area contributed by atoms with E-state index in [4.69, 9.17) is 5.10 Å². The fraction of sp³-hybridized carbons (Fsp3) is 0.391. The van der Waals surface area contributed by atoms with Gasteiger partial charge in [0, 0.05) is 17.5 Å². The Morgan fingerprint density at radius 3 is 2.64 bits per heavy atom. The molecule has 146 valence electrons. The summed E-state index contributed by atoms with van der Waals surface area (Å²) in [6.07, 6.45) is 2.78. The second-order valence-electron chi connectivity index (χ2n) is 7.83. The van der Waals surface area contributed by atoms with Crippen LogP contribution in [-0.4, -0.2) is 41.2 Å². The van der Waals surface area contributed by atoms with Gasteiger partial charge in [-0.3, -0.25) is 9.69 Å². The van der Waals surface area contributed by atoms with Gasteiger partial charge in [0.2, 0.25) is 0 Å². The zero-order valence-electron chi connectivity index (χ0n) is 16.5. The number of hydrogen-bond donors (Lipinski definition) is 0. The maximum atomic E-state index is 14.6. The molecule has 2 aliphatic rings. The van der Waals surface area contributed by atoms with Crippen molar-refractivity contribution in [3.63, 3.8) is 0 Å². The molecule has 0 radical (unpaired) electrons. The third-order valence-corrected chi connectivity index (χ3v) is 5.69. The molecule has 2 heterocycles. The number of rotatable bonds is 4. The Morgan fingerprint density at radius 1 is 1.14 bits per heavy atom. The third kappa shape index (κ3) is 3.72. The number of hydrogen-bond acceptors (Lipinski definition) is 3. The lowest BCUT2D eigenvalue weighted by molar-refractivity contribution is -0.134. The summed E-state index contributed by atoms with van der Waals surface area (Å²) < 4.78 is 14.6. The lowest BCUT2D eigenvalue weighted by Crippen LogP contribution is -2.37. The van der Waals surface area contributed by atoms with Crippen LogP contribution >= 0.6 is 0 Å². The maximum Gasteiger partial charge on any atom is 0.257 e. The van der Waals surface area contributed by atoms with Gasteiger partial charge < -0.3 is 0 Å². The van der Waals surface area contributed by atoms with Gasteiger partial charge in [-0.15, -0.1) is 0 Å². The predicted octanol–water partition coefficient (Wildman–Crippen LogP) is 4.22. The van der Waals surface area contributed by atoms with E-state index in [1.165, 1.54) is 11.1 Å². The maximum absolute atomic E-state index is 14.6. The van der Waals surface area contributed by atoms with Crippen molar-refractivity contribution in [1.82, 2.24) is 9.91 Å². The summed E-state index contributed by atoms with van der Waals surface area (Å²) in [7, 11) is 0. The molecule has 0 bridgehead atoms. The van der Waals surface area contributed by atoms with Crippen molar-refractivity contribution in [3.8, 4) is 0 Å². The average Bonchev–Trinajstić information content (AvgIpc) is 3.34. The molecule has 2 aliphatic heterocycles. The quantitative estimate of drug-likeness (QED) is 0.798. The minimum Gasteiger partial charge on any atom is -0.294 e. The molecule has 5 heteroatoms. The number of benzene rings is 2. The molecule has 4 rings (SSSR count). The lowest BCUT2D eigenvalue weighted by Gasteiger charge is -2.24. The largest absolute Gasteiger partial charge is 0.294 e. The Hall–Kier alpha value is -2.53. The number of aryl methyl sites for hydroxylation is 2. The first-order valence-electron chi connectivity index (χ1n) is 9.97. The van der Waals surface area contributed by atoms with Crippen molar-refractivity contribution in [2.24, 2.45) is 5.10 Å². The molecule has 1 unspecified atom stereocenters. The van der Waals surface area contributed by atoms with Gasteiger partial charge in [0.15, 0.2) is 0 Å². The number of likely N-dealkylation sites (tertiary alicyclic amines) is 1. The number of carbonyl (C=O) groups is 1. The van der Waals surface area contributed by atoms with Gasteiger partial charge >= 0.3 is 0 Å². The van der Waals surface area contributed by atoms with Gasteiger partial charge in [0.25, 0.3) is 5.91 Å². The molecule has 4 nitrogen and oxygen atoms in total. The Morgan fingerprint density at radius 2 is 1.89 bits per heavy atom. The average molecular weight is 379 g/mol. The standard InChI is InChI=1S/C23H26FN3O/c1-16-9-10-17(2)19(13-16)21-14-22(18-7-3-4-8-20(18)24)27(25-21)23(28)15-26-11-5-6-12-26/h3-4,7-10,13,22H,5-6,11-12,14-15H2,1-2H3. The van der Waals surface area contributed by atoms with E-state index >= 15 is 0 Å². The second kappa shape index (κ2) is 7.84. The monoisotopic (exact) mass is 379 g/mol. The smallest absolute Gasteiger partial charge is 0.257 e. The van der Waals surface area contributed by atoms with Crippen LogP contribution in [0.4, 0.5) is 4.39 Å². The van der Waals surface area contributed by atoms with E-state index in [-0.39, 0.29) is 11.7 Å². The first kappa shape index (κ1) is 18.8. The molecule has 1 fully saturated rings. The summed E-state index contributed by atoms with van der Waals surface area (Å²) in [5.41, 5.74) is 4.68. The SMILES string of the molecule is Cc1ccc(C)c(C2=NN(C(=O)CN3CCCC3)C(c3ccccc3F)C2)c1. The minimum atomic E-state index is -0.397. The van der Waals surface area contributed by atoms with Gasteiger partial charge in [0.05, 0.1) is 18.3 Å². The Bertz CT molecular complexity index is 918. The molecule has 1 saturated heterocycles. The van der Waals surface area contributed by atoms with Gasteiger partial charge in [-0.05, 0) is 57.5 Å². The Kier molecular flexibility index (Phi) is 5.27. The number of halogens is 1. The topological polar surface area (TPSA) is 35.9 Å². The summed E-state index contributed by atoms with van der Waals surface area (Å²) in [6.45, 7) is 6.32. The Balaban J connectivity index is 1.68. The second-order valence-corrected chi connectivity index (χ2v) is 7.83. The molecule has 2 aromatic carbocycles. The molecule has 0 N–H and O–H groups in total. The van der Waals surface area contributed by atoms with Crippen molar-refractivity contribution < 1.29 is 9.18 Å². The lowest BCUT2D eigenvalue weighted by atomic mass is 9.95. The molecule has 1 atom stereocenters. The van der Waals surface area contributed by atoms with Gasteiger partial charge in [-0.1, -0.05) is 35.9 Å². The van der Waals surface area contributed by atoms with Gasteiger partial charge in [0.1, 0.15) is 5.82 Å². The molecule has 0 saturated carbocycles. The first-order valence-corrected chi connectivity index (χ1v) is 9.97. The number of nitrogens with zero attached hydrogens (tertiary/aromatic N) is 3. The molecule has 1 amide bonds. The van der Waals surface area contributed by atoms with Crippen molar-refractivity contribution in [2.75, 3.05) is 19.6 Å². The summed E-state index contributed by atoms with van der Waals surface area (Å²) in [6, 6.07) is 12.5. The molecular formula is C23H26FN3O. The summed E-state index contributed by atoms with van der Waals surface area (Å²) in [5.74, 6) is -0.348. The predicted molar refractivity (Wildman–Crippen MR) is 109 cm³/mol. The highest BCUT2D eigenvalue weighted by Gasteiger charge is 2.35. The first-order chi connectivity index (χ1) is 13.5. The summed E-state index contributed by atoms with van der Waals surface area (Å²) in [5, 5.41) is 6.23. The van der Waals surface area contributed by atoms with E-state index < -0.39 is 6.04 Å². The highest BCUT2D eigenvalue weighted by atomic mass is 19.1. The minimum absolute atomic E-state index is 0.0598. The normalized spacial score (nSPS) is 19.9. The number of carbonyl (C=O) groups excluding carboxylic acids is 1. The van der Waals surface area contributed by atoms with Crippen LogP contribution < -0.4 is 0 Å². The van der Waals surface area contributed by atoms with Crippen LogP contribution in [-0.2, 0) is 4.79 Å². The van der Waals surface area contributed by atoms with E-state index in [0.29, 0.717) is 18.5 Å².